The van der Waals surface area contributed by atoms with Gasteiger partial charge in [0.2, 0.25) is 0 Å². The zero-order valence-corrected chi connectivity index (χ0v) is 8.81. The number of alkyl halides is 2. The SMILES string of the molecule is COc1cnc(C(=O)Cl)c(C(F)F)c1C. The van der Waals surface area contributed by atoms with E-state index in [0.29, 0.717) is 0 Å². The minimum Gasteiger partial charge on any atom is -0.495 e. The van der Waals surface area contributed by atoms with Crippen LogP contribution in [0.25, 0.3) is 0 Å². The Bertz CT molecular complexity index is 396. The number of pyridine rings is 1. The molecule has 0 amide bonds. The van der Waals surface area contributed by atoms with E-state index in [2.05, 4.69) is 4.98 Å². The molecule has 0 atom stereocenters. The highest BCUT2D eigenvalue weighted by Crippen LogP contribution is 2.31. The Morgan fingerprint density at radius 3 is 2.60 bits per heavy atom. The zero-order chi connectivity index (χ0) is 11.6. The first-order valence-electron chi connectivity index (χ1n) is 4.00. The molecule has 0 aliphatic rings. The molecule has 0 aliphatic carbocycles. The molecule has 0 bridgehead atoms. The molecule has 0 spiro atoms. The summed E-state index contributed by atoms with van der Waals surface area (Å²) in [7, 11) is 1.33. The standard InChI is InChI=1S/C9H8ClF2NO2/c1-4-5(15-2)3-13-7(8(10)14)6(4)9(11)12/h3,9H,1-2H3. The van der Waals surface area contributed by atoms with Crippen LogP contribution in [0.3, 0.4) is 0 Å². The number of nitrogens with zero attached hydrogens (tertiary/aromatic N) is 1. The lowest BCUT2D eigenvalue weighted by Gasteiger charge is -2.11. The number of carbonyl (C=O) groups excluding carboxylic acids is 1. The number of rotatable bonds is 3. The maximum Gasteiger partial charge on any atom is 0.271 e. The molecule has 0 saturated heterocycles. The number of methoxy groups -OCH3 is 1. The molecule has 1 aromatic heterocycles. The van der Waals surface area contributed by atoms with Crippen molar-refractivity contribution in [2.24, 2.45) is 0 Å². The molecule has 0 aromatic carbocycles. The van der Waals surface area contributed by atoms with Gasteiger partial charge in [0.05, 0.1) is 18.9 Å². The maximum atomic E-state index is 12.7. The van der Waals surface area contributed by atoms with Gasteiger partial charge in [-0.3, -0.25) is 4.79 Å². The lowest BCUT2D eigenvalue weighted by Crippen LogP contribution is -2.06. The summed E-state index contributed by atoms with van der Waals surface area (Å²) in [6, 6.07) is 0. The minimum atomic E-state index is -2.81. The summed E-state index contributed by atoms with van der Waals surface area (Å²) < 4.78 is 30.1. The van der Waals surface area contributed by atoms with E-state index < -0.39 is 22.9 Å². The third kappa shape index (κ3) is 2.23. The van der Waals surface area contributed by atoms with Gasteiger partial charge >= 0.3 is 0 Å². The summed E-state index contributed by atoms with van der Waals surface area (Å²) in [4.78, 5) is 14.4. The van der Waals surface area contributed by atoms with Crippen LogP contribution < -0.4 is 4.74 Å². The van der Waals surface area contributed by atoms with Gasteiger partial charge in [0.1, 0.15) is 11.4 Å². The molecule has 0 N–H and O–H groups in total. The Hall–Kier alpha value is -1.23. The first kappa shape index (κ1) is 11.8. The first-order valence-corrected chi connectivity index (χ1v) is 4.38. The Morgan fingerprint density at radius 2 is 2.20 bits per heavy atom. The summed E-state index contributed by atoms with van der Waals surface area (Å²) in [5.41, 5.74) is -0.731. The highest BCUT2D eigenvalue weighted by atomic mass is 35.5. The average Bonchev–Trinajstić information content (AvgIpc) is 2.16. The number of hydrogen-bond donors (Lipinski definition) is 0. The fourth-order valence-electron chi connectivity index (χ4n) is 1.23. The van der Waals surface area contributed by atoms with E-state index in [1.54, 1.807) is 0 Å². The Kier molecular flexibility index (Phi) is 3.57. The van der Waals surface area contributed by atoms with Crippen LogP contribution in [-0.4, -0.2) is 17.3 Å². The molecule has 0 radical (unpaired) electrons. The third-order valence-electron chi connectivity index (χ3n) is 1.96. The number of aromatic nitrogens is 1. The molecule has 0 saturated carbocycles. The monoisotopic (exact) mass is 235 g/mol. The smallest absolute Gasteiger partial charge is 0.271 e. The van der Waals surface area contributed by atoms with Crippen molar-refractivity contribution in [3.8, 4) is 5.75 Å². The molecule has 0 aliphatic heterocycles. The van der Waals surface area contributed by atoms with Crippen LogP contribution in [-0.2, 0) is 0 Å². The van der Waals surface area contributed by atoms with E-state index in [-0.39, 0.29) is 11.3 Å². The Balaban J connectivity index is 3.44. The second-order valence-electron chi connectivity index (χ2n) is 2.79. The van der Waals surface area contributed by atoms with Crippen LogP contribution in [0.4, 0.5) is 8.78 Å². The van der Waals surface area contributed by atoms with Gasteiger partial charge in [0.25, 0.3) is 11.7 Å². The molecule has 6 heteroatoms. The van der Waals surface area contributed by atoms with Crippen molar-refractivity contribution in [2.75, 3.05) is 7.11 Å². The third-order valence-corrected chi connectivity index (χ3v) is 2.14. The quantitative estimate of drug-likeness (QED) is 0.756. The molecular formula is C9H8ClF2NO2. The van der Waals surface area contributed by atoms with Crippen molar-refractivity contribution in [3.63, 3.8) is 0 Å². The van der Waals surface area contributed by atoms with Crippen molar-refractivity contribution in [1.82, 2.24) is 4.98 Å². The van der Waals surface area contributed by atoms with Gasteiger partial charge in [-0.05, 0) is 18.5 Å². The van der Waals surface area contributed by atoms with E-state index >= 15 is 0 Å². The average molecular weight is 236 g/mol. The van der Waals surface area contributed by atoms with Gasteiger partial charge in [-0.25, -0.2) is 13.8 Å². The van der Waals surface area contributed by atoms with Gasteiger partial charge in [-0.2, -0.15) is 0 Å². The predicted octanol–water partition coefficient (Wildman–Crippen LogP) is 2.72. The summed E-state index contributed by atoms with van der Waals surface area (Å²) in [6.45, 7) is 1.42. The van der Waals surface area contributed by atoms with Gasteiger partial charge in [-0.15, -0.1) is 0 Å². The molecule has 1 heterocycles. The zero-order valence-electron chi connectivity index (χ0n) is 8.05. The van der Waals surface area contributed by atoms with E-state index in [4.69, 9.17) is 16.3 Å². The van der Waals surface area contributed by atoms with E-state index in [1.807, 2.05) is 0 Å². The van der Waals surface area contributed by atoms with Crippen LogP contribution in [0.5, 0.6) is 5.75 Å². The first-order chi connectivity index (χ1) is 6.99. The Labute approximate surface area is 90.0 Å². The van der Waals surface area contributed by atoms with Crippen molar-refractivity contribution in [3.05, 3.63) is 23.0 Å². The molecule has 1 aromatic rings. The number of hydrogen-bond acceptors (Lipinski definition) is 3. The van der Waals surface area contributed by atoms with Crippen LogP contribution >= 0.6 is 11.6 Å². The van der Waals surface area contributed by atoms with Crippen LogP contribution in [0, 0.1) is 6.92 Å². The van der Waals surface area contributed by atoms with Gasteiger partial charge in [0, 0.05) is 5.56 Å². The van der Waals surface area contributed by atoms with Gasteiger partial charge in [-0.1, -0.05) is 0 Å². The summed E-state index contributed by atoms with van der Waals surface area (Å²) >= 11 is 5.14. The minimum absolute atomic E-state index is 0.173. The molecule has 15 heavy (non-hydrogen) atoms. The van der Waals surface area contributed by atoms with Crippen molar-refractivity contribution in [1.29, 1.82) is 0 Å². The fraction of sp³-hybridized carbons (Fsp3) is 0.333. The number of ether oxygens (including phenoxy) is 1. The normalized spacial score (nSPS) is 10.5. The molecule has 0 unspecified atom stereocenters. The van der Waals surface area contributed by atoms with Crippen LogP contribution in [0.15, 0.2) is 6.20 Å². The number of carbonyl (C=O) groups is 1. The topological polar surface area (TPSA) is 39.2 Å². The molecule has 82 valence electrons. The second-order valence-corrected chi connectivity index (χ2v) is 3.13. The molecule has 1 rings (SSSR count). The highest BCUT2D eigenvalue weighted by Gasteiger charge is 2.23. The predicted molar refractivity (Wildman–Crippen MR) is 50.7 cm³/mol. The maximum absolute atomic E-state index is 12.7. The lowest BCUT2D eigenvalue weighted by atomic mass is 10.1. The van der Waals surface area contributed by atoms with Gasteiger partial charge < -0.3 is 4.74 Å². The van der Waals surface area contributed by atoms with Gasteiger partial charge in [0.15, 0.2) is 0 Å². The molecule has 3 nitrogen and oxygen atoms in total. The second kappa shape index (κ2) is 4.53. The van der Waals surface area contributed by atoms with Crippen LogP contribution in [0.2, 0.25) is 0 Å². The van der Waals surface area contributed by atoms with Crippen molar-refractivity contribution < 1.29 is 18.3 Å². The Morgan fingerprint density at radius 1 is 1.60 bits per heavy atom. The van der Waals surface area contributed by atoms with E-state index in [9.17, 15) is 13.6 Å². The van der Waals surface area contributed by atoms with Crippen LogP contribution in [0.1, 0.15) is 28.0 Å². The largest absolute Gasteiger partial charge is 0.495 e. The number of halogens is 3. The van der Waals surface area contributed by atoms with Crippen molar-refractivity contribution >= 4 is 16.8 Å². The summed E-state index contributed by atoms with van der Waals surface area (Å²) in [6.07, 6.45) is -1.62. The van der Waals surface area contributed by atoms with E-state index in [1.165, 1.54) is 20.2 Å². The summed E-state index contributed by atoms with van der Waals surface area (Å²) in [5.74, 6) is 0.201. The highest BCUT2D eigenvalue weighted by molar-refractivity contribution is 6.67. The molecule has 0 fully saturated rings. The fourth-order valence-corrected chi connectivity index (χ4v) is 1.38. The molecular weight excluding hydrogens is 228 g/mol. The lowest BCUT2D eigenvalue weighted by molar-refractivity contribution is 0.105. The van der Waals surface area contributed by atoms with E-state index in [0.717, 1.165) is 0 Å². The summed E-state index contributed by atoms with van der Waals surface area (Å²) in [5, 5.41) is -1.00. The van der Waals surface area contributed by atoms with Crippen molar-refractivity contribution in [2.45, 2.75) is 13.3 Å².